The summed E-state index contributed by atoms with van der Waals surface area (Å²) in [5, 5.41) is 6.29. The number of halogens is 1. The highest BCUT2D eigenvalue weighted by Crippen LogP contribution is 2.25. The molecule has 4 N–H and O–H groups in total. The Kier molecular flexibility index (Phi) is 9.84. The Balaban J connectivity index is 1.37. The van der Waals surface area contributed by atoms with E-state index >= 15 is 0 Å². The summed E-state index contributed by atoms with van der Waals surface area (Å²) in [5.41, 5.74) is 9.91. The van der Waals surface area contributed by atoms with Crippen molar-refractivity contribution in [2.45, 2.75) is 51.2 Å². The predicted molar refractivity (Wildman–Crippen MR) is 171 cm³/mol. The number of benzene rings is 3. The zero-order chi connectivity index (χ0) is 31.9. The molecule has 230 valence electrons. The minimum Gasteiger partial charge on any atom is -0.368 e. The van der Waals surface area contributed by atoms with Gasteiger partial charge in [-0.05, 0) is 47.4 Å². The second-order valence-electron chi connectivity index (χ2n) is 11.0. The molecule has 0 radical (unpaired) electrons. The van der Waals surface area contributed by atoms with Crippen LogP contribution < -0.4 is 16.4 Å². The van der Waals surface area contributed by atoms with Gasteiger partial charge in [0.05, 0.1) is 0 Å². The van der Waals surface area contributed by atoms with Crippen LogP contribution in [0.5, 0.6) is 0 Å². The number of nitrogens with one attached hydrogen (secondary N) is 2. The van der Waals surface area contributed by atoms with E-state index in [4.69, 9.17) is 17.3 Å². The quantitative estimate of drug-likeness (QED) is 0.223. The molecular formula is C34H33ClN6O4. The number of anilines is 2. The number of ketones is 1. The predicted octanol–water partition coefficient (Wildman–Crippen LogP) is 4.30. The molecule has 3 aromatic carbocycles. The van der Waals surface area contributed by atoms with E-state index < -0.39 is 23.9 Å². The van der Waals surface area contributed by atoms with E-state index in [1.165, 1.54) is 17.3 Å². The van der Waals surface area contributed by atoms with Crippen LogP contribution in [0.1, 0.15) is 45.5 Å². The van der Waals surface area contributed by atoms with Crippen LogP contribution in [-0.4, -0.2) is 50.5 Å². The van der Waals surface area contributed by atoms with Gasteiger partial charge in [0.2, 0.25) is 23.7 Å². The fraction of sp³-hybridized carbons (Fsp3) is 0.235. The molecule has 1 aromatic heterocycles. The van der Waals surface area contributed by atoms with Gasteiger partial charge in [0.15, 0.2) is 5.78 Å². The van der Waals surface area contributed by atoms with E-state index in [-0.39, 0.29) is 49.9 Å². The first-order chi connectivity index (χ1) is 21.7. The monoisotopic (exact) mass is 624 g/mol. The van der Waals surface area contributed by atoms with E-state index in [1.54, 1.807) is 42.5 Å². The fourth-order valence-electron chi connectivity index (χ4n) is 5.29. The molecule has 3 amide bonds. The first kappa shape index (κ1) is 31.3. The van der Waals surface area contributed by atoms with Crippen LogP contribution in [0.4, 0.5) is 11.6 Å². The SMILES string of the molecule is Cc1cc(NC(=O)[C@H](Cc2cnc(N)nc2)NC(=O)[C@@H]2Cc3ccccc3CN2C(=O)CCC(=O)c2ccccc2)ccc1Cl. The summed E-state index contributed by atoms with van der Waals surface area (Å²) < 4.78 is 0. The van der Waals surface area contributed by atoms with Gasteiger partial charge >= 0.3 is 0 Å². The molecule has 0 fully saturated rings. The Bertz CT molecular complexity index is 1710. The number of aryl methyl sites for hydroxylation is 1. The largest absolute Gasteiger partial charge is 0.368 e. The van der Waals surface area contributed by atoms with Crippen molar-refractivity contribution in [1.29, 1.82) is 0 Å². The molecule has 0 unspecified atom stereocenters. The van der Waals surface area contributed by atoms with Crippen molar-refractivity contribution >= 4 is 46.7 Å². The number of hydrogen-bond donors (Lipinski definition) is 3. The molecule has 1 aliphatic rings. The smallest absolute Gasteiger partial charge is 0.247 e. The summed E-state index contributed by atoms with van der Waals surface area (Å²) in [5.74, 6) is -1.34. The third kappa shape index (κ3) is 7.90. The second-order valence-corrected chi connectivity index (χ2v) is 11.4. The average Bonchev–Trinajstić information content (AvgIpc) is 3.05. The highest BCUT2D eigenvalue weighted by molar-refractivity contribution is 6.31. The Morgan fingerprint density at radius 3 is 2.36 bits per heavy atom. The molecule has 0 saturated carbocycles. The fourth-order valence-corrected chi connectivity index (χ4v) is 5.40. The molecule has 4 aromatic rings. The first-order valence-electron chi connectivity index (χ1n) is 14.6. The van der Waals surface area contributed by atoms with E-state index in [9.17, 15) is 19.2 Å². The van der Waals surface area contributed by atoms with E-state index in [1.807, 2.05) is 37.3 Å². The van der Waals surface area contributed by atoms with Crippen LogP contribution in [0, 0.1) is 6.92 Å². The molecular weight excluding hydrogens is 592 g/mol. The maximum absolute atomic E-state index is 14.0. The van der Waals surface area contributed by atoms with Crippen molar-refractivity contribution < 1.29 is 19.2 Å². The standard InChI is InChI=1S/C34H33ClN6O4/c1-21-15-26(11-12-27(21)35)39-32(44)28(16-22-18-37-34(36)38-19-22)40-33(45)29-17-24-9-5-6-10-25(24)20-41(29)31(43)14-13-30(42)23-7-3-2-4-8-23/h2-12,15,18-19,28-29H,13-14,16-17,20H2,1H3,(H,39,44)(H,40,45)(H2,36,37,38)/t28-,29-/m0/s1. The number of fused-ring (bicyclic) bond motifs is 1. The Hall–Kier alpha value is -5.09. The summed E-state index contributed by atoms with van der Waals surface area (Å²) >= 11 is 6.16. The van der Waals surface area contributed by atoms with Crippen LogP contribution in [0.3, 0.4) is 0 Å². The summed E-state index contributed by atoms with van der Waals surface area (Å²) in [7, 11) is 0. The number of nitrogens with zero attached hydrogens (tertiary/aromatic N) is 3. The zero-order valence-corrected chi connectivity index (χ0v) is 25.5. The topological polar surface area (TPSA) is 147 Å². The summed E-state index contributed by atoms with van der Waals surface area (Å²) in [6.07, 6.45) is 3.29. The van der Waals surface area contributed by atoms with Gasteiger partial charge < -0.3 is 21.3 Å². The van der Waals surface area contributed by atoms with Gasteiger partial charge in [-0.3, -0.25) is 19.2 Å². The van der Waals surface area contributed by atoms with Gasteiger partial charge in [-0.1, -0.05) is 66.2 Å². The average molecular weight is 625 g/mol. The molecule has 0 bridgehead atoms. The van der Waals surface area contributed by atoms with Gasteiger partial charge in [0, 0.05) is 60.9 Å². The number of amides is 3. The van der Waals surface area contributed by atoms with Gasteiger partial charge in [-0.15, -0.1) is 0 Å². The highest BCUT2D eigenvalue weighted by atomic mass is 35.5. The number of hydrogen-bond acceptors (Lipinski definition) is 7. The maximum atomic E-state index is 14.0. The number of aromatic nitrogens is 2. The van der Waals surface area contributed by atoms with Gasteiger partial charge in [-0.2, -0.15) is 0 Å². The third-order valence-electron chi connectivity index (χ3n) is 7.76. The third-order valence-corrected chi connectivity index (χ3v) is 8.18. The molecule has 45 heavy (non-hydrogen) atoms. The molecule has 2 heterocycles. The lowest BCUT2D eigenvalue weighted by atomic mass is 9.92. The number of Topliss-reactive ketones (excluding diaryl/α,β-unsaturated/α-hetero) is 1. The molecule has 0 saturated heterocycles. The van der Waals surface area contributed by atoms with Crippen molar-refractivity contribution in [2.24, 2.45) is 0 Å². The molecule has 1 aliphatic heterocycles. The number of carbonyl (C=O) groups excluding carboxylic acids is 4. The highest BCUT2D eigenvalue weighted by Gasteiger charge is 2.36. The van der Waals surface area contributed by atoms with Gasteiger partial charge in [-0.25, -0.2) is 9.97 Å². The van der Waals surface area contributed by atoms with Crippen molar-refractivity contribution in [1.82, 2.24) is 20.2 Å². The van der Waals surface area contributed by atoms with Crippen molar-refractivity contribution in [3.05, 3.63) is 118 Å². The lowest BCUT2D eigenvalue weighted by Crippen LogP contribution is -2.56. The zero-order valence-electron chi connectivity index (χ0n) is 24.7. The molecule has 5 rings (SSSR count). The molecule has 11 heteroatoms. The number of nitrogens with two attached hydrogens (primary N) is 1. The first-order valence-corrected chi connectivity index (χ1v) is 14.9. The molecule has 10 nitrogen and oxygen atoms in total. The summed E-state index contributed by atoms with van der Waals surface area (Å²) in [6.45, 7) is 2.03. The van der Waals surface area contributed by atoms with E-state index in [2.05, 4.69) is 20.6 Å². The van der Waals surface area contributed by atoms with Crippen molar-refractivity contribution in [3.63, 3.8) is 0 Å². The summed E-state index contributed by atoms with van der Waals surface area (Å²) in [6, 6.07) is 19.6. The van der Waals surface area contributed by atoms with Crippen LogP contribution in [-0.2, 0) is 33.8 Å². The van der Waals surface area contributed by atoms with Crippen LogP contribution >= 0.6 is 11.6 Å². The molecule has 0 spiro atoms. The van der Waals surface area contributed by atoms with Crippen molar-refractivity contribution in [3.8, 4) is 0 Å². The number of nitrogen functional groups attached to an aromatic ring is 1. The number of carbonyl (C=O) groups is 4. The Labute approximate surface area is 266 Å². The molecule has 2 atom stereocenters. The maximum Gasteiger partial charge on any atom is 0.247 e. The normalized spacial score (nSPS) is 14.6. The lowest BCUT2D eigenvalue weighted by molar-refractivity contribution is -0.142. The van der Waals surface area contributed by atoms with E-state index in [0.29, 0.717) is 21.8 Å². The Morgan fingerprint density at radius 1 is 0.956 bits per heavy atom. The van der Waals surface area contributed by atoms with Crippen LogP contribution in [0.15, 0.2) is 85.2 Å². The lowest BCUT2D eigenvalue weighted by Gasteiger charge is -2.37. The van der Waals surface area contributed by atoms with Gasteiger partial charge in [0.25, 0.3) is 0 Å². The van der Waals surface area contributed by atoms with Crippen molar-refractivity contribution in [2.75, 3.05) is 11.1 Å². The van der Waals surface area contributed by atoms with Crippen LogP contribution in [0.2, 0.25) is 5.02 Å². The Morgan fingerprint density at radius 2 is 1.64 bits per heavy atom. The summed E-state index contributed by atoms with van der Waals surface area (Å²) in [4.78, 5) is 63.4. The number of rotatable bonds is 10. The van der Waals surface area contributed by atoms with Crippen LogP contribution in [0.25, 0.3) is 0 Å². The van der Waals surface area contributed by atoms with E-state index in [0.717, 1.165) is 16.7 Å². The second kappa shape index (κ2) is 14.1. The van der Waals surface area contributed by atoms with Gasteiger partial charge in [0.1, 0.15) is 12.1 Å². The minimum absolute atomic E-state index is 0.0119. The minimum atomic E-state index is -1.03. The molecule has 0 aliphatic carbocycles.